The fourth-order valence-corrected chi connectivity index (χ4v) is 5.15. The number of halogens is 1. The van der Waals surface area contributed by atoms with Gasteiger partial charge in [-0.3, -0.25) is 0 Å². The second-order valence-corrected chi connectivity index (χ2v) is 9.67. The van der Waals surface area contributed by atoms with E-state index in [9.17, 15) is 14.3 Å². The van der Waals surface area contributed by atoms with Gasteiger partial charge in [-0.2, -0.15) is 0 Å². The highest BCUT2D eigenvalue weighted by atomic mass is 19.1. The van der Waals surface area contributed by atoms with Gasteiger partial charge in [0.2, 0.25) is 0 Å². The van der Waals surface area contributed by atoms with Crippen molar-refractivity contribution >= 4 is 28.2 Å². The minimum Gasteiger partial charge on any atom is -0.495 e. The van der Waals surface area contributed by atoms with Gasteiger partial charge in [-0.1, -0.05) is 12.0 Å². The largest absolute Gasteiger partial charge is 0.495 e. The lowest BCUT2D eigenvalue weighted by Gasteiger charge is -2.33. The maximum Gasteiger partial charge on any atom is 0.335 e. The fraction of sp³-hybridized carbons (Fsp3) is 0.414. The first-order valence-electron chi connectivity index (χ1n) is 12.9. The van der Waals surface area contributed by atoms with Crippen LogP contribution >= 0.6 is 0 Å². The summed E-state index contributed by atoms with van der Waals surface area (Å²) < 4.78 is 20.7. The Bertz CT molecular complexity index is 1330. The van der Waals surface area contributed by atoms with Gasteiger partial charge in [0, 0.05) is 36.2 Å². The predicted molar refractivity (Wildman–Crippen MR) is 144 cm³/mol. The second kappa shape index (κ2) is 11.1. The molecule has 0 atom stereocenters. The molecule has 2 aromatic carbocycles. The van der Waals surface area contributed by atoms with Crippen LogP contribution in [-0.4, -0.2) is 66.0 Å². The molecule has 8 heteroatoms. The number of aromatic nitrogens is 1. The molecular weight excluding hydrogens is 471 g/mol. The zero-order valence-electron chi connectivity index (χ0n) is 21.1. The Morgan fingerprint density at radius 2 is 1.95 bits per heavy atom. The van der Waals surface area contributed by atoms with Crippen molar-refractivity contribution in [2.45, 2.75) is 44.3 Å². The number of fused-ring (bicyclic) bond motifs is 1. The second-order valence-electron chi connectivity index (χ2n) is 9.67. The molecule has 2 heterocycles. The third-order valence-electron chi connectivity index (χ3n) is 7.24. The summed E-state index contributed by atoms with van der Waals surface area (Å²) in [5, 5.41) is 17.2. The smallest absolute Gasteiger partial charge is 0.335 e. The molecule has 7 nitrogen and oxygen atoms in total. The summed E-state index contributed by atoms with van der Waals surface area (Å²) in [5.41, 5.74) is 3.62. The number of rotatable bonds is 9. The van der Waals surface area contributed by atoms with Crippen LogP contribution in [0, 0.1) is 11.8 Å². The Labute approximate surface area is 216 Å². The topological polar surface area (TPSA) is 78.8 Å². The molecule has 37 heavy (non-hydrogen) atoms. The number of aryl methyl sites for hydroxylation is 1. The SMILES string of the molecule is COc1cc(C(=O)O)ccc1NCC#Cc1cc2c(NC3CCN(C4CC4)CC3)cccc2n1CCF. The average Bonchev–Trinajstić information content (AvgIpc) is 3.70. The van der Waals surface area contributed by atoms with Crippen LogP contribution in [0.4, 0.5) is 15.8 Å². The molecule has 3 aromatic rings. The molecule has 1 aromatic heterocycles. The lowest BCUT2D eigenvalue weighted by atomic mass is 10.0. The predicted octanol–water partition coefficient (Wildman–Crippen LogP) is 4.82. The summed E-state index contributed by atoms with van der Waals surface area (Å²) in [5.74, 6) is 5.74. The van der Waals surface area contributed by atoms with E-state index in [1.165, 1.54) is 32.1 Å². The molecule has 5 rings (SSSR count). The van der Waals surface area contributed by atoms with Crippen molar-refractivity contribution in [2.24, 2.45) is 0 Å². The van der Waals surface area contributed by atoms with E-state index in [0.717, 1.165) is 54.3 Å². The Kier molecular flexibility index (Phi) is 7.52. The molecular formula is C29H33FN4O3. The minimum absolute atomic E-state index is 0.155. The van der Waals surface area contributed by atoms with Crippen LogP contribution in [0.3, 0.4) is 0 Å². The van der Waals surface area contributed by atoms with Crippen molar-refractivity contribution in [3.05, 3.63) is 53.7 Å². The first-order valence-corrected chi connectivity index (χ1v) is 12.9. The summed E-state index contributed by atoms with van der Waals surface area (Å²) in [6.07, 6.45) is 4.97. The first kappa shape index (κ1) is 25.0. The Morgan fingerprint density at radius 1 is 1.14 bits per heavy atom. The zero-order valence-corrected chi connectivity index (χ0v) is 21.1. The van der Waals surface area contributed by atoms with E-state index in [2.05, 4.69) is 33.4 Å². The Morgan fingerprint density at radius 3 is 2.65 bits per heavy atom. The minimum atomic E-state index is -1.01. The number of likely N-dealkylation sites (tertiary alicyclic amines) is 1. The van der Waals surface area contributed by atoms with Crippen LogP contribution < -0.4 is 15.4 Å². The lowest BCUT2D eigenvalue weighted by Crippen LogP contribution is -2.40. The number of alkyl halides is 1. The maximum absolute atomic E-state index is 13.5. The van der Waals surface area contributed by atoms with E-state index in [1.54, 1.807) is 6.07 Å². The quantitative estimate of drug-likeness (QED) is 0.363. The number of carboxylic acids is 1. The number of carboxylic acid groups (broad SMARTS) is 1. The van der Waals surface area contributed by atoms with Crippen molar-refractivity contribution in [1.82, 2.24) is 9.47 Å². The summed E-state index contributed by atoms with van der Waals surface area (Å²) >= 11 is 0. The van der Waals surface area contributed by atoms with Crippen LogP contribution in [0.2, 0.25) is 0 Å². The number of hydrogen-bond acceptors (Lipinski definition) is 5. The van der Waals surface area contributed by atoms with Crippen LogP contribution in [0.15, 0.2) is 42.5 Å². The van der Waals surface area contributed by atoms with E-state index in [-0.39, 0.29) is 12.1 Å². The Balaban J connectivity index is 1.31. The molecule has 194 valence electrons. The van der Waals surface area contributed by atoms with Crippen LogP contribution in [0.1, 0.15) is 41.7 Å². The van der Waals surface area contributed by atoms with Crippen molar-refractivity contribution in [2.75, 3.05) is 44.1 Å². The van der Waals surface area contributed by atoms with E-state index < -0.39 is 12.6 Å². The van der Waals surface area contributed by atoms with Gasteiger partial charge in [0.25, 0.3) is 0 Å². The third kappa shape index (κ3) is 5.67. The molecule has 0 unspecified atom stereocenters. The van der Waals surface area contributed by atoms with Gasteiger partial charge in [0.05, 0.1) is 42.7 Å². The number of hydrogen-bond donors (Lipinski definition) is 3. The summed E-state index contributed by atoms with van der Waals surface area (Å²) in [7, 11) is 1.50. The van der Waals surface area contributed by atoms with E-state index in [4.69, 9.17) is 4.74 Å². The maximum atomic E-state index is 13.5. The third-order valence-corrected chi connectivity index (χ3v) is 7.24. The molecule has 3 N–H and O–H groups in total. The van der Waals surface area contributed by atoms with Crippen molar-refractivity contribution in [1.29, 1.82) is 0 Å². The van der Waals surface area contributed by atoms with Gasteiger partial charge in [-0.15, -0.1) is 0 Å². The van der Waals surface area contributed by atoms with E-state index >= 15 is 0 Å². The van der Waals surface area contributed by atoms with Gasteiger partial charge in [-0.25, -0.2) is 9.18 Å². The highest BCUT2D eigenvalue weighted by molar-refractivity contribution is 5.94. The monoisotopic (exact) mass is 504 g/mol. The average molecular weight is 505 g/mol. The molecule has 0 radical (unpaired) electrons. The number of nitrogens with zero attached hydrogens (tertiary/aromatic N) is 2. The number of benzene rings is 2. The van der Waals surface area contributed by atoms with Crippen LogP contribution in [-0.2, 0) is 6.54 Å². The van der Waals surface area contributed by atoms with Gasteiger partial charge >= 0.3 is 5.97 Å². The first-order chi connectivity index (χ1) is 18.1. The number of aromatic carboxylic acids is 1. The van der Waals surface area contributed by atoms with Gasteiger partial charge in [0.1, 0.15) is 12.4 Å². The summed E-state index contributed by atoms with van der Waals surface area (Å²) in [6.45, 7) is 2.39. The number of ether oxygens (including phenoxy) is 1. The van der Waals surface area contributed by atoms with Gasteiger partial charge in [0.15, 0.2) is 0 Å². The van der Waals surface area contributed by atoms with Gasteiger partial charge in [-0.05, 0) is 68.0 Å². The normalized spacial score (nSPS) is 16.3. The van der Waals surface area contributed by atoms with E-state index in [0.29, 0.717) is 24.0 Å². The van der Waals surface area contributed by atoms with Crippen molar-refractivity contribution in [3.63, 3.8) is 0 Å². The number of piperidine rings is 1. The summed E-state index contributed by atoms with van der Waals surface area (Å²) in [6, 6.07) is 14.1. The molecule has 0 amide bonds. The lowest BCUT2D eigenvalue weighted by molar-refractivity contribution is 0.0696. The molecule has 0 spiro atoms. The van der Waals surface area contributed by atoms with Crippen molar-refractivity contribution < 1.29 is 19.0 Å². The molecule has 1 aliphatic heterocycles. The highest BCUT2D eigenvalue weighted by Gasteiger charge is 2.31. The number of methoxy groups -OCH3 is 1. The fourth-order valence-electron chi connectivity index (χ4n) is 5.15. The molecule has 1 saturated carbocycles. The molecule has 1 saturated heterocycles. The number of nitrogens with one attached hydrogen (secondary N) is 2. The molecule has 2 fully saturated rings. The van der Waals surface area contributed by atoms with E-state index in [1.807, 2.05) is 22.8 Å². The summed E-state index contributed by atoms with van der Waals surface area (Å²) in [4.78, 5) is 13.8. The standard InChI is InChI=1S/C29H33FN4O3/c1-37-28-18-20(29(35)36)7-10-26(28)31-14-3-4-23-19-24-25(5-2-6-27(24)34(23)17-13-30)32-21-11-15-33(16-12-21)22-8-9-22/h2,5-7,10,18-19,21-22,31-32H,8-9,11-17H2,1H3,(H,35,36). The number of carbonyl (C=O) groups is 1. The molecule has 0 bridgehead atoms. The highest BCUT2D eigenvalue weighted by Crippen LogP contribution is 2.32. The van der Waals surface area contributed by atoms with Gasteiger partial charge < -0.3 is 29.9 Å². The zero-order chi connectivity index (χ0) is 25.8. The number of anilines is 2. The molecule has 2 aliphatic rings. The van der Waals surface area contributed by atoms with Crippen LogP contribution in [0.25, 0.3) is 10.9 Å². The van der Waals surface area contributed by atoms with Crippen LogP contribution in [0.5, 0.6) is 5.75 Å². The van der Waals surface area contributed by atoms with Crippen molar-refractivity contribution in [3.8, 4) is 17.6 Å². The molecule has 1 aliphatic carbocycles. The Hall–Kier alpha value is -3.70.